The first kappa shape index (κ1) is 47.0. The molecule has 0 spiro atoms. The van der Waals surface area contributed by atoms with Crippen LogP contribution in [-0.4, -0.2) is 96.7 Å². The van der Waals surface area contributed by atoms with Crippen molar-refractivity contribution in [2.75, 3.05) is 13.2 Å². The topological polar surface area (TPSA) is 315 Å². The first-order valence-electron chi connectivity index (χ1n) is 19.0. The molecule has 21 heteroatoms. The third kappa shape index (κ3) is 11.7. The molecule has 62 heavy (non-hydrogen) atoms. The number of aryl methyl sites for hydroxylation is 2. The van der Waals surface area contributed by atoms with Crippen LogP contribution in [0.2, 0.25) is 0 Å². The highest BCUT2D eigenvalue weighted by atomic mass is 16.6. The Morgan fingerprint density at radius 3 is 2.08 bits per heavy atom. The van der Waals surface area contributed by atoms with Crippen LogP contribution in [0.25, 0.3) is 0 Å². The number of hydrogen-bond acceptors (Lipinski definition) is 14. The van der Waals surface area contributed by atoms with Crippen LogP contribution >= 0.6 is 0 Å². The molecule has 1 heterocycles. The normalized spacial score (nSPS) is 14.3. The van der Waals surface area contributed by atoms with Crippen molar-refractivity contribution in [3.8, 4) is 11.5 Å². The smallest absolute Gasteiger partial charge is 0.339 e. The number of amides is 4. The Bertz CT molecular complexity index is 2340. The van der Waals surface area contributed by atoms with E-state index in [9.17, 15) is 69.1 Å². The Balaban J connectivity index is 1.61. The standard InChI is InChI=1S/C41H44N6O15/c1-21(2)36(43-33(51)17-24-11-13-30(48)28(16-24)46(58)59)39(55)44-37(25-12-14-31(49)29(18-25)47(60)61)40(56)45-15-6-5-10-27(45)38(54)42-26(19-34(52)53)32(50)20-62-41(57)35-22(3)8-7-9-23(35)4/h7-9,11-14,16,18,26-27,37,48-49H,5-6,10,15,17,19-20H2,1-4H3,(H,42,54)(H,43,51)(H,44,55)(H,52,53)/t26-,27?,37?/m0/s1. The molecule has 1 aliphatic rings. The Kier molecular flexibility index (Phi) is 15.5. The third-order valence-corrected chi connectivity index (χ3v) is 9.85. The molecule has 3 atom stereocenters. The Labute approximate surface area is 353 Å². The summed E-state index contributed by atoms with van der Waals surface area (Å²) in [5.41, 5.74) is -0.453. The van der Waals surface area contributed by atoms with Gasteiger partial charge in [-0.2, -0.15) is 0 Å². The number of ketones is 1. The van der Waals surface area contributed by atoms with Crippen molar-refractivity contribution < 1.29 is 63.5 Å². The number of aliphatic carboxylic acids is 1. The van der Waals surface area contributed by atoms with E-state index in [1.807, 2.05) is 0 Å². The monoisotopic (exact) mass is 860 g/mol. The van der Waals surface area contributed by atoms with Gasteiger partial charge in [-0.1, -0.05) is 30.3 Å². The maximum Gasteiger partial charge on any atom is 0.339 e. The number of phenolic OH excluding ortho intramolecular Hbond substituents is 2. The number of ether oxygens (including phenoxy) is 1. The number of Topliss-reactive ketones (excluding diaryl/α,β-unsaturated/α-hetero) is 1. The molecule has 1 saturated heterocycles. The molecule has 0 bridgehead atoms. The number of nitro groups is 2. The van der Waals surface area contributed by atoms with E-state index in [4.69, 9.17) is 4.74 Å². The lowest BCUT2D eigenvalue weighted by atomic mass is 9.97. The summed E-state index contributed by atoms with van der Waals surface area (Å²) in [6, 6.07) is 6.24. The second-order valence-corrected chi connectivity index (χ2v) is 14.6. The fourth-order valence-corrected chi connectivity index (χ4v) is 6.73. The number of phenols is 2. The van der Waals surface area contributed by atoms with Crippen LogP contribution in [-0.2, 0) is 39.9 Å². The van der Waals surface area contributed by atoms with Crippen LogP contribution < -0.4 is 16.0 Å². The van der Waals surface area contributed by atoms with E-state index in [2.05, 4.69) is 16.0 Å². The molecule has 3 aromatic carbocycles. The molecule has 0 aromatic heterocycles. The van der Waals surface area contributed by atoms with Crippen molar-refractivity contribution in [3.63, 3.8) is 0 Å². The van der Waals surface area contributed by atoms with Gasteiger partial charge in [0.2, 0.25) is 11.8 Å². The highest BCUT2D eigenvalue weighted by molar-refractivity contribution is 6.02. The molecule has 1 aliphatic heterocycles. The first-order chi connectivity index (χ1) is 29.2. The van der Waals surface area contributed by atoms with Gasteiger partial charge in [0, 0.05) is 18.7 Å². The van der Waals surface area contributed by atoms with Crippen LogP contribution in [0.3, 0.4) is 0 Å². The number of carbonyl (C=O) groups is 7. The third-order valence-electron chi connectivity index (χ3n) is 9.85. The average Bonchev–Trinajstić information content (AvgIpc) is 3.20. The zero-order valence-corrected chi connectivity index (χ0v) is 34.0. The average molecular weight is 861 g/mol. The van der Waals surface area contributed by atoms with Gasteiger partial charge >= 0.3 is 23.3 Å². The van der Waals surface area contributed by atoms with Gasteiger partial charge in [0.05, 0.1) is 28.3 Å². The summed E-state index contributed by atoms with van der Waals surface area (Å²) >= 11 is 0. The molecule has 6 N–H and O–H groups in total. The predicted molar refractivity (Wildman–Crippen MR) is 215 cm³/mol. The number of likely N-dealkylation sites (tertiary alicyclic amines) is 1. The van der Waals surface area contributed by atoms with Crippen LogP contribution in [0.1, 0.15) is 78.2 Å². The lowest BCUT2D eigenvalue weighted by molar-refractivity contribution is -0.386. The number of carbonyl (C=O) groups excluding carboxylic acids is 6. The fourth-order valence-electron chi connectivity index (χ4n) is 6.73. The SMILES string of the molecule is CC(C)=C(NC(=O)Cc1ccc(O)c([N+](=O)[O-])c1)C(=O)NC(C(=O)N1CCCCC1C(=O)N[C@@H](CC(=O)O)C(=O)COC(=O)c1c(C)cccc1C)c1ccc(O)c([N+](=O)[O-])c1. The van der Waals surface area contributed by atoms with Gasteiger partial charge < -0.3 is 40.9 Å². The minimum Gasteiger partial charge on any atom is -0.502 e. The maximum absolute atomic E-state index is 14.6. The Hall–Kier alpha value is -7.71. The van der Waals surface area contributed by atoms with Gasteiger partial charge in [-0.05, 0) is 86.9 Å². The number of allylic oxidation sites excluding steroid dienone is 1. The maximum atomic E-state index is 14.6. The molecular formula is C41H44N6O15. The molecule has 4 rings (SSSR count). The zero-order valence-electron chi connectivity index (χ0n) is 34.0. The highest BCUT2D eigenvalue weighted by Crippen LogP contribution is 2.32. The summed E-state index contributed by atoms with van der Waals surface area (Å²) in [5, 5.41) is 59.8. The number of nitrogens with one attached hydrogen (secondary N) is 3. The van der Waals surface area contributed by atoms with Gasteiger partial charge in [0.15, 0.2) is 23.9 Å². The molecule has 2 unspecified atom stereocenters. The van der Waals surface area contributed by atoms with Crippen molar-refractivity contribution in [2.24, 2.45) is 0 Å². The molecule has 4 amide bonds. The number of piperidine rings is 1. The summed E-state index contributed by atoms with van der Waals surface area (Å²) in [4.78, 5) is 116. The van der Waals surface area contributed by atoms with Crippen LogP contribution in [0.4, 0.5) is 11.4 Å². The molecule has 0 radical (unpaired) electrons. The van der Waals surface area contributed by atoms with E-state index in [1.165, 1.54) is 19.9 Å². The number of esters is 1. The van der Waals surface area contributed by atoms with Gasteiger partial charge in [-0.15, -0.1) is 0 Å². The van der Waals surface area contributed by atoms with Gasteiger partial charge in [0.25, 0.3) is 11.8 Å². The van der Waals surface area contributed by atoms with E-state index < -0.39 is 112 Å². The molecule has 3 aromatic rings. The Morgan fingerprint density at radius 2 is 1.48 bits per heavy atom. The molecule has 0 aliphatic carbocycles. The summed E-state index contributed by atoms with van der Waals surface area (Å²) < 4.78 is 5.19. The minimum atomic E-state index is -1.82. The van der Waals surface area contributed by atoms with Crippen LogP contribution in [0.15, 0.2) is 65.9 Å². The van der Waals surface area contributed by atoms with Crippen LogP contribution in [0, 0.1) is 34.1 Å². The largest absolute Gasteiger partial charge is 0.502 e. The molecule has 1 fully saturated rings. The summed E-state index contributed by atoms with van der Waals surface area (Å²) in [5.74, 6) is -8.57. The summed E-state index contributed by atoms with van der Waals surface area (Å²) in [6.45, 7) is 5.18. The lowest BCUT2D eigenvalue weighted by Crippen LogP contribution is -2.57. The summed E-state index contributed by atoms with van der Waals surface area (Å²) in [7, 11) is 0. The number of rotatable bonds is 17. The second-order valence-electron chi connectivity index (χ2n) is 14.6. The van der Waals surface area contributed by atoms with Gasteiger partial charge in [-0.3, -0.25) is 49.0 Å². The number of carboxylic acids is 1. The second kappa shape index (κ2) is 20.5. The quantitative estimate of drug-likeness (QED) is 0.0492. The number of nitrogens with zero attached hydrogens (tertiary/aromatic N) is 3. The van der Waals surface area contributed by atoms with E-state index in [1.54, 1.807) is 32.0 Å². The zero-order chi connectivity index (χ0) is 46.0. The Morgan fingerprint density at radius 1 is 0.871 bits per heavy atom. The molecule has 328 valence electrons. The number of nitro benzene ring substituents is 2. The number of carboxylic acid groups (broad SMARTS) is 1. The highest BCUT2D eigenvalue weighted by Gasteiger charge is 2.39. The number of hydrogen-bond donors (Lipinski definition) is 6. The van der Waals surface area contributed by atoms with Gasteiger partial charge in [0.1, 0.15) is 23.8 Å². The van der Waals surface area contributed by atoms with E-state index in [0.717, 1.165) is 35.2 Å². The van der Waals surface area contributed by atoms with Crippen LogP contribution in [0.5, 0.6) is 11.5 Å². The van der Waals surface area contributed by atoms with Crippen molar-refractivity contribution in [2.45, 2.75) is 77.9 Å². The van der Waals surface area contributed by atoms with Crippen molar-refractivity contribution >= 4 is 52.7 Å². The first-order valence-corrected chi connectivity index (χ1v) is 19.0. The fraction of sp³-hybridized carbons (Fsp3) is 0.341. The predicted octanol–water partition coefficient (Wildman–Crippen LogP) is 3.11. The van der Waals surface area contributed by atoms with Crippen molar-refractivity contribution in [1.29, 1.82) is 0 Å². The van der Waals surface area contributed by atoms with E-state index in [0.29, 0.717) is 24.0 Å². The van der Waals surface area contributed by atoms with E-state index >= 15 is 0 Å². The number of benzene rings is 3. The minimum absolute atomic E-state index is 0.00576. The molecule has 21 nitrogen and oxygen atoms in total. The lowest BCUT2D eigenvalue weighted by Gasteiger charge is -2.37. The summed E-state index contributed by atoms with van der Waals surface area (Å²) in [6.07, 6.45) is -0.700. The molecular weight excluding hydrogens is 816 g/mol. The number of aromatic hydroxyl groups is 2. The van der Waals surface area contributed by atoms with Gasteiger partial charge in [-0.25, -0.2) is 4.79 Å². The van der Waals surface area contributed by atoms with Crippen molar-refractivity contribution in [3.05, 3.63) is 114 Å². The molecule has 0 saturated carbocycles. The van der Waals surface area contributed by atoms with E-state index in [-0.39, 0.29) is 40.9 Å². The van der Waals surface area contributed by atoms with Crippen molar-refractivity contribution in [1.82, 2.24) is 20.9 Å².